The molecule has 162 valence electrons. The molecule has 0 bridgehead atoms. The van der Waals surface area contributed by atoms with Crippen LogP contribution in [-0.2, 0) is 16.1 Å². The van der Waals surface area contributed by atoms with Gasteiger partial charge in [0, 0.05) is 36.1 Å². The normalized spacial score (nSPS) is 17.4. The van der Waals surface area contributed by atoms with Crippen LogP contribution in [0, 0.1) is 0 Å². The summed E-state index contributed by atoms with van der Waals surface area (Å²) in [4.78, 5) is 31.8. The molecular formula is C25H22N2O5. The summed E-state index contributed by atoms with van der Waals surface area (Å²) >= 11 is 0. The highest BCUT2D eigenvalue weighted by atomic mass is 16.5. The van der Waals surface area contributed by atoms with E-state index >= 15 is 0 Å². The van der Waals surface area contributed by atoms with Crippen LogP contribution in [0.2, 0.25) is 0 Å². The molecule has 0 saturated carbocycles. The van der Waals surface area contributed by atoms with Gasteiger partial charge in [-0.15, -0.1) is 0 Å². The molecule has 1 amide bonds. The summed E-state index contributed by atoms with van der Waals surface area (Å²) in [6.45, 7) is 0.143. The number of amides is 1. The maximum atomic E-state index is 13.1. The van der Waals surface area contributed by atoms with Crippen LogP contribution in [0.5, 0.6) is 11.5 Å². The van der Waals surface area contributed by atoms with Gasteiger partial charge in [0.1, 0.15) is 17.3 Å². The third-order valence-corrected chi connectivity index (χ3v) is 5.40. The molecule has 3 aromatic rings. The molecular weight excluding hydrogens is 408 g/mol. The Labute approximate surface area is 185 Å². The van der Waals surface area contributed by atoms with E-state index in [2.05, 4.69) is 4.98 Å². The van der Waals surface area contributed by atoms with Gasteiger partial charge in [-0.05, 0) is 23.8 Å². The lowest BCUT2D eigenvalue weighted by Gasteiger charge is -2.26. The summed E-state index contributed by atoms with van der Waals surface area (Å²) in [7, 11) is 3.04. The smallest absolute Gasteiger partial charge is 0.295 e. The predicted octanol–water partition coefficient (Wildman–Crippen LogP) is 3.72. The number of aliphatic hydroxyl groups excluding tert-OH is 1. The van der Waals surface area contributed by atoms with Crippen LogP contribution in [0.4, 0.5) is 0 Å². The van der Waals surface area contributed by atoms with Gasteiger partial charge < -0.3 is 19.5 Å². The Morgan fingerprint density at radius 1 is 1.03 bits per heavy atom. The van der Waals surface area contributed by atoms with Crippen molar-refractivity contribution < 1.29 is 24.2 Å². The second kappa shape index (κ2) is 8.93. The number of carbonyl (C=O) groups excluding carboxylic acids is 2. The molecule has 1 aliphatic rings. The minimum atomic E-state index is -0.851. The molecule has 0 aliphatic carbocycles. The molecule has 0 radical (unpaired) electrons. The molecule has 1 N–H and O–H groups in total. The Morgan fingerprint density at radius 3 is 2.47 bits per heavy atom. The number of benzene rings is 2. The average molecular weight is 430 g/mol. The highest BCUT2D eigenvalue weighted by molar-refractivity contribution is 6.46. The summed E-state index contributed by atoms with van der Waals surface area (Å²) in [5, 5.41) is 11.1. The molecule has 2 aromatic carbocycles. The lowest BCUT2D eigenvalue weighted by atomic mass is 9.94. The van der Waals surface area contributed by atoms with E-state index in [9.17, 15) is 14.7 Å². The third kappa shape index (κ3) is 3.80. The van der Waals surface area contributed by atoms with E-state index in [1.165, 1.54) is 12.0 Å². The fraction of sp³-hybridized carbons (Fsp3) is 0.160. The Hall–Kier alpha value is -4.13. The fourth-order valence-electron chi connectivity index (χ4n) is 3.85. The number of nitrogens with zero attached hydrogens (tertiary/aromatic N) is 2. The van der Waals surface area contributed by atoms with Crippen molar-refractivity contribution in [1.82, 2.24) is 9.88 Å². The Bertz CT molecular complexity index is 1180. The molecule has 1 fully saturated rings. The number of likely N-dealkylation sites (tertiary alicyclic amines) is 1. The first kappa shape index (κ1) is 21.1. The lowest BCUT2D eigenvalue weighted by molar-refractivity contribution is -0.140. The van der Waals surface area contributed by atoms with Gasteiger partial charge in [0.25, 0.3) is 11.7 Å². The number of ether oxygens (including phenoxy) is 2. The molecule has 7 heteroatoms. The molecule has 1 aromatic heterocycles. The van der Waals surface area contributed by atoms with Gasteiger partial charge in [-0.1, -0.05) is 36.4 Å². The van der Waals surface area contributed by atoms with E-state index < -0.39 is 17.7 Å². The first-order valence-corrected chi connectivity index (χ1v) is 9.99. The predicted molar refractivity (Wildman–Crippen MR) is 118 cm³/mol. The van der Waals surface area contributed by atoms with E-state index in [-0.39, 0.29) is 17.9 Å². The summed E-state index contributed by atoms with van der Waals surface area (Å²) in [5.41, 5.74) is 1.78. The maximum absolute atomic E-state index is 13.1. The number of pyridine rings is 1. The zero-order valence-electron chi connectivity index (χ0n) is 17.7. The molecule has 1 atom stereocenters. The Balaban J connectivity index is 1.91. The highest BCUT2D eigenvalue weighted by Gasteiger charge is 2.47. The second-order valence-corrected chi connectivity index (χ2v) is 7.26. The van der Waals surface area contributed by atoms with Crippen molar-refractivity contribution in [3.8, 4) is 11.5 Å². The quantitative estimate of drug-likeness (QED) is 0.364. The molecule has 7 nitrogen and oxygen atoms in total. The topological polar surface area (TPSA) is 89.0 Å². The fourth-order valence-corrected chi connectivity index (χ4v) is 3.85. The molecule has 4 rings (SSSR count). The van der Waals surface area contributed by atoms with E-state index in [4.69, 9.17) is 9.47 Å². The molecule has 2 heterocycles. The van der Waals surface area contributed by atoms with Gasteiger partial charge in [-0.2, -0.15) is 0 Å². The molecule has 0 unspecified atom stereocenters. The van der Waals surface area contributed by atoms with Crippen molar-refractivity contribution in [2.45, 2.75) is 12.6 Å². The van der Waals surface area contributed by atoms with Crippen LogP contribution in [0.15, 0.2) is 78.6 Å². The summed E-state index contributed by atoms with van der Waals surface area (Å²) in [5.74, 6) is -0.683. The van der Waals surface area contributed by atoms with Crippen molar-refractivity contribution in [2.75, 3.05) is 14.2 Å². The standard InChI is InChI=1S/C25H22N2O5/c1-31-18-10-11-19(20(13-18)32-2)22-21(23(28)17-8-4-3-5-9-17)24(29)25(30)27(22)15-16-7-6-12-26-14-16/h3-14,22,28H,15H2,1-2H3/t22-/m0/s1. The van der Waals surface area contributed by atoms with E-state index in [0.29, 0.717) is 22.6 Å². The SMILES string of the molecule is COc1ccc([C@H]2C(=C(O)c3ccccc3)C(=O)C(=O)N2Cc2cccnc2)c(OC)c1. The monoisotopic (exact) mass is 430 g/mol. The van der Waals surface area contributed by atoms with Crippen LogP contribution in [0.1, 0.15) is 22.7 Å². The number of rotatable bonds is 6. The van der Waals surface area contributed by atoms with Crippen LogP contribution in [0.25, 0.3) is 5.76 Å². The van der Waals surface area contributed by atoms with Gasteiger partial charge in [0.05, 0.1) is 25.8 Å². The summed E-state index contributed by atoms with van der Waals surface area (Å²) in [6.07, 6.45) is 3.27. The number of methoxy groups -OCH3 is 2. The highest BCUT2D eigenvalue weighted by Crippen LogP contribution is 2.44. The van der Waals surface area contributed by atoms with E-state index in [1.54, 1.807) is 68.0 Å². The molecule has 32 heavy (non-hydrogen) atoms. The van der Waals surface area contributed by atoms with Gasteiger partial charge in [-0.25, -0.2) is 0 Å². The zero-order chi connectivity index (χ0) is 22.7. The average Bonchev–Trinajstić information content (AvgIpc) is 3.09. The molecule has 0 spiro atoms. The summed E-state index contributed by atoms with van der Waals surface area (Å²) in [6, 6.07) is 16.6. The van der Waals surface area contributed by atoms with Gasteiger partial charge >= 0.3 is 0 Å². The number of hydrogen-bond acceptors (Lipinski definition) is 6. The van der Waals surface area contributed by atoms with Crippen molar-refractivity contribution in [3.05, 3.63) is 95.3 Å². The van der Waals surface area contributed by atoms with Crippen molar-refractivity contribution >= 4 is 17.4 Å². The summed E-state index contributed by atoms with van der Waals surface area (Å²) < 4.78 is 10.8. The van der Waals surface area contributed by atoms with Gasteiger partial charge in [0.15, 0.2) is 0 Å². The largest absolute Gasteiger partial charge is 0.507 e. The minimum absolute atomic E-state index is 0.00792. The van der Waals surface area contributed by atoms with Crippen LogP contribution in [0.3, 0.4) is 0 Å². The Kier molecular flexibility index (Phi) is 5.89. The van der Waals surface area contributed by atoms with E-state index in [0.717, 1.165) is 5.56 Å². The Morgan fingerprint density at radius 2 is 1.81 bits per heavy atom. The minimum Gasteiger partial charge on any atom is -0.507 e. The number of ketones is 1. The van der Waals surface area contributed by atoms with Crippen molar-refractivity contribution in [1.29, 1.82) is 0 Å². The van der Waals surface area contributed by atoms with Crippen LogP contribution in [-0.4, -0.2) is 40.9 Å². The van der Waals surface area contributed by atoms with Crippen LogP contribution >= 0.6 is 0 Å². The third-order valence-electron chi connectivity index (χ3n) is 5.40. The number of hydrogen-bond donors (Lipinski definition) is 1. The first-order valence-electron chi connectivity index (χ1n) is 9.99. The zero-order valence-corrected chi connectivity index (χ0v) is 17.7. The number of carbonyl (C=O) groups is 2. The molecule has 1 aliphatic heterocycles. The lowest BCUT2D eigenvalue weighted by Crippen LogP contribution is -2.29. The van der Waals surface area contributed by atoms with Crippen LogP contribution < -0.4 is 9.47 Å². The maximum Gasteiger partial charge on any atom is 0.295 e. The molecule has 1 saturated heterocycles. The van der Waals surface area contributed by atoms with Crippen molar-refractivity contribution in [3.63, 3.8) is 0 Å². The second-order valence-electron chi connectivity index (χ2n) is 7.26. The van der Waals surface area contributed by atoms with Gasteiger partial charge in [0.2, 0.25) is 0 Å². The number of Topliss-reactive ketones (excluding diaryl/α,β-unsaturated/α-hetero) is 1. The first-order chi connectivity index (χ1) is 15.5. The van der Waals surface area contributed by atoms with E-state index in [1.807, 2.05) is 12.1 Å². The number of aliphatic hydroxyl groups is 1. The van der Waals surface area contributed by atoms with Gasteiger partial charge in [-0.3, -0.25) is 14.6 Å². The van der Waals surface area contributed by atoms with Crippen molar-refractivity contribution in [2.24, 2.45) is 0 Å². The number of aromatic nitrogens is 1.